The van der Waals surface area contributed by atoms with E-state index in [0.29, 0.717) is 12.0 Å². The summed E-state index contributed by atoms with van der Waals surface area (Å²) in [5.74, 6) is 0.612. The maximum Gasteiger partial charge on any atom is 0.00793 e. The molecule has 0 spiro atoms. The van der Waals surface area contributed by atoms with E-state index >= 15 is 0 Å². The van der Waals surface area contributed by atoms with Crippen LogP contribution < -0.4 is 5.73 Å². The molecule has 0 aliphatic carbocycles. The number of hydrogen-bond acceptors (Lipinski definition) is 1. The first-order chi connectivity index (χ1) is 10.1. The van der Waals surface area contributed by atoms with Crippen LogP contribution in [0.5, 0.6) is 0 Å². The summed E-state index contributed by atoms with van der Waals surface area (Å²) in [4.78, 5) is 0. The molecule has 0 amide bonds. The Morgan fingerprint density at radius 3 is 2.00 bits per heavy atom. The summed E-state index contributed by atoms with van der Waals surface area (Å²) in [5.41, 5.74) is 9.07. The summed E-state index contributed by atoms with van der Waals surface area (Å²) in [5, 5.41) is 0. The molecule has 1 nitrogen and oxygen atoms in total. The highest BCUT2D eigenvalue weighted by molar-refractivity contribution is 5.25. The van der Waals surface area contributed by atoms with Crippen molar-refractivity contribution < 1.29 is 0 Å². The molecule has 1 atom stereocenters. The van der Waals surface area contributed by atoms with Crippen molar-refractivity contribution >= 4 is 0 Å². The highest BCUT2D eigenvalue weighted by Gasteiger charge is 2.05. The lowest BCUT2D eigenvalue weighted by Crippen LogP contribution is -2.22. The van der Waals surface area contributed by atoms with Gasteiger partial charge in [-0.2, -0.15) is 0 Å². The smallest absolute Gasteiger partial charge is 0.00793 e. The minimum atomic E-state index is 0.325. The summed E-state index contributed by atoms with van der Waals surface area (Å²) in [6, 6.07) is 9.33. The van der Waals surface area contributed by atoms with E-state index in [1.54, 1.807) is 0 Å². The summed E-state index contributed by atoms with van der Waals surface area (Å²) in [7, 11) is 0. The zero-order chi connectivity index (χ0) is 15.5. The second-order valence-electron chi connectivity index (χ2n) is 6.77. The minimum Gasteiger partial charge on any atom is -0.327 e. The van der Waals surface area contributed by atoms with Crippen molar-refractivity contribution in [2.45, 2.75) is 90.5 Å². The van der Waals surface area contributed by atoms with Crippen LogP contribution in [-0.4, -0.2) is 6.04 Å². The predicted octanol–water partition coefficient (Wildman–Crippen LogP) is 5.82. The third-order valence-corrected chi connectivity index (χ3v) is 4.32. The summed E-state index contributed by atoms with van der Waals surface area (Å²) >= 11 is 0. The monoisotopic (exact) mass is 289 g/mol. The van der Waals surface area contributed by atoms with E-state index in [0.717, 1.165) is 6.42 Å². The van der Waals surface area contributed by atoms with Crippen molar-refractivity contribution in [2.75, 3.05) is 0 Å². The fraction of sp³-hybridized carbons (Fsp3) is 0.700. The van der Waals surface area contributed by atoms with Gasteiger partial charge in [-0.05, 0) is 29.9 Å². The summed E-state index contributed by atoms with van der Waals surface area (Å²) in [6.07, 6.45) is 11.8. The Morgan fingerprint density at radius 1 is 0.857 bits per heavy atom. The average molecular weight is 290 g/mol. The van der Waals surface area contributed by atoms with Gasteiger partial charge in [-0.15, -0.1) is 0 Å². The third kappa shape index (κ3) is 8.26. The van der Waals surface area contributed by atoms with Gasteiger partial charge in [-0.3, -0.25) is 0 Å². The number of benzene rings is 1. The van der Waals surface area contributed by atoms with Crippen LogP contribution in [-0.2, 0) is 6.42 Å². The van der Waals surface area contributed by atoms with E-state index in [1.165, 1.54) is 62.5 Å². The van der Waals surface area contributed by atoms with Crippen LogP contribution in [0.1, 0.15) is 89.2 Å². The molecule has 1 aromatic carbocycles. The molecule has 0 saturated heterocycles. The van der Waals surface area contributed by atoms with Gasteiger partial charge in [0.05, 0.1) is 0 Å². The van der Waals surface area contributed by atoms with E-state index in [1.807, 2.05) is 0 Å². The van der Waals surface area contributed by atoms with Crippen molar-refractivity contribution in [3.8, 4) is 0 Å². The Bertz CT molecular complexity index is 353. The van der Waals surface area contributed by atoms with Gasteiger partial charge in [0.25, 0.3) is 0 Å². The maximum atomic E-state index is 6.27. The molecule has 21 heavy (non-hydrogen) atoms. The lowest BCUT2D eigenvalue weighted by molar-refractivity contribution is 0.528. The predicted molar refractivity (Wildman–Crippen MR) is 94.8 cm³/mol. The molecule has 1 rings (SSSR count). The van der Waals surface area contributed by atoms with Crippen molar-refractivity contribution in [1.82, 2.24) is 0 Å². The zero-order valence-corrected chi connectivity index (χ0v) is 14.4. The maximum absolute atomic E-state index is 6.27. The first kappa shape index (κ1) is 18.2. The van der Waals surface area contributed by atoms with Gasteiger partial charge in [-0.1, -0.05) is 90.0 Å². The lowest BCUT2D eigenvalue weighted by atomic mass is 9.97. The largest absolute Gasteiger partial charge is 0.327 e. The molecule has 2 N–H and O–H groups in total. The fourth-order valence-electron chi connectivity index (χ4n) is 2.81. The summed E-state index contributed by atoms with van der Waals surface area (Å²) < 4.78 is 0. The van der Waals surface area contributed by atoms with Crippen LogP contribution in [0.3, 0.4) is 0 Å². The molecule has 0 saturated carbocycles. The molecule has 1 heteroatoms. The lowest BCUT2D eigenvalue weighted by Gasteiger charge is -2.12. The van der Waals surface area contributed by atoms with Gasteiger partial charge in [0.2, 0.25) is 0 Å². The Labute approximate surface area is 132 Å². The standard InChI is InChI=1S/C20H35N/c1-4-5-6-7-8-9-10-11-20(21)16-18-12-14-19(15-13-18)17(2)3/h12-15,17,20H,4-11,16,21H2,1-3H3. The van der Waals surface area contributed by atoms with Crippen LogP contribution in [0.25, 0.3) is 0 Å². The molecule has 0 aliphatic rings. The first-order valence-electron chi connectivity index (χ1n) is 8.98. The van der Waals surface area contributed by atoms with E-state index < -0.39 is 0 Å². The van der Waals surface area contributed by atoms with Gasteiger partial charge in [-0.25, -0.2) is 0 Å². The Kier molecular flexibility index (Phi) is 9.41. The quantitative estimate of drug-likeness (QED) is 0.510. The van der Waals surface area contributed by atoms with Crippen LogP contribution >= 0.6 is 0 Å². The molecule has 120 valence electrons. The molecule has 1 aromatic rings. The molecule has 0 heterocycles. The van der Waals surface area contributed by atoms with E-state index in [4.69, 9.17) is 5.73 Å². The topological polar surface area (TPSA) is 26.0 Å². The zero-order valence-electron chi connectivity index (χ0n) is 14.4. The van der Waals surface area contributed by atoms with Crippen LogP contribution in [0.2, 0.25) is 0 Å². The van der Waals surface area contributed by atoms with Crippen molar-refractivity contribution in [2.24, 2.45) is 5.73 Å². The Hall–Kier alpha value is -0.820. The van der Waals surface area contributed by atoms with Crippen LogP contribution in [0.15, 0.2) is 24.3 Å². The third-order valence-electron chi connectivity index (χ3n) is 4.32. The average Bonchev–Trinajstić information content (AvgIpc) is 2.47. The second-order valence-corrected chi connectivity index (χ2v) is 6.77. The fourth-order valence-corrected chi connectivity index (χ4v) is 2.81. The van der Waals surface area contributed by atoms with Gasteiger partial charge in [0, 0.05) is 6.04 Å². The molecule has 0 aliphatic heterocycles. The molecular weight excluding hydrogens is 254 g/mol. The van der Waals surface area contributed by atoms with Crippen LogP contribution in [0, 0.1) is 0 Å². The normalized spacial score (nSPS) is 12.8. The molecule has 0 radical (unpaired) electrons. The highest BCUT2D eigenvalue weighted by Crippen LogP contribution is 2.16. The van der Waals surface area contributed by atoms with Crippen molar-refractivity contribution in [3.05, 3.63) is 35.4 Å². The highest BCUT2D eigenvalue weighted by atomic mass is 14.6. The first-order valence-corrected chi connectivity index (χ1v) is 8.98. The van der Waals surface area contributed by atoms with E-state index in [-0.39, 0.29) is 0 Å². The Balaban J connectivity index is 2.14. The molecule has 1 unspecified atom stereocenters. The van der Waals surface area contributed by atoms with Crippen molar-refractivity contribution in [1.29, 1.82) is 0 Å². The number of hydrogen-bond donors (Lipinski definition) is 1. The number of rotatable bonds is 11. The van der Waals surface area contributed by atoms with Gasteiger partial charge in [0.15, 0.2) is 0 Å². The van der Waals surface area contributed by atoms with Crippen molar-refractivity contribution in [3.63, 3.8) is 0 Å². The minimum absolute atomic E-state index is 0.325. The van der Waals surface area contributed by atoms with E-state index in [2.05, 4.69) is 45.0 Å². The molecule has 0 fully saturated rings. The number of nitrogens with two attached hydrogens (primary N) is 1. The second kappa shape index (κ2) is 10.8. The number of unbranched alkanes of at least 4 members (excludes halogenated alkanes) is 6. The van der Waals surface area contributed by atoms with E-state index in [9.17, 15) is 0 Å². The summed E-state index contributed by atoms with van der Waals surface area (Å²) in [6.45, 7) is 6.75. The SMILES string of the molecule is CCCCCCCCCC(N)Cc1ccc(C(C)C)cc1. The molecule has 0 bridgehead atoms. The van der Waals surface area contributed by atoms with Gasteiger partial charge < -0.3 is 5.73 Å². The van der Waals surface area contributed by atoms with Gasteiger partial charge in [0.1, 0.15) is 0 Å². The molecule has 0 aromatic heterocycles. The molecular formula is C20H35N. The van der Waals surface area contributed by atoms with Crippen LogP contribution in [0.4, 0.5) is 0 Å². The van der Waals surface area contributed by atoms with Gasteiger partial charge >= 0.3 is 0 Å². The Morgan fingerprint density at radius 2 is 1.43 bits per heavy atom.